The van der Waals surface area contributed by atoms with Crippen LogP contribution < -0.4 is 5.32 Å². The number of rotatable bonds is 3. The molecule has 0 unspecified atom stereocenters. The molecule has 0 spiro atoms. The molecule has 1 amide bonds. The van der Waals surface area contributed by atoms with Gasteiger partial charge in [-0.2, -0.15) is 0 Å². The molecule has 0 aliphatic carbocycles. The molecule has 18 heavy (non-hydrogen) atoms. The summed E-state index contributed by atoms with van der Waals surface area (Å²) in [5, 5.41) is 12.3. The lowest BCUT2D eigenvalue weighted by Crippen LogP contribution is -2.22. The summed E-state index contributed by atoms with van der Waals surface area (Å²) in [7, 11) is 0. The second-order valence-electron chi connectivity index (χ2n) is 3.86. The highest BCUT2D eigenvalue weighted by Crippen LogP contribution is 2.20. The van der Waals surface area contributed by atoms with E-state index in [1.807, 2.05) is 41.6 Å². The first-order chi connectivity index (χ1) is 8.56. The standard InChI is InChI=1S/C13H12INO3/c1-8-2-4-10(18-8)7-15-13(17)9-3-5-11(14)12(16)6-9/h2-6,16H,7H2,1H3,(H,15,17). The number of benzene rings is 1. The van der Waals surface area contributed by atoms with Crippen molar-refractivity contribution < 1.29 is 14.3 Å². The van der Waals surface area contributed by atoms with E-state index in [4.69, 9.17) is 4.42 Å². The number of halogens is 1. The number of phenols is 1. The molecule has 1 heterocycles. The monoisotopic (exact) mass is 357 g/mol. The zero-order valence-electron chi connectivity index (χ0n) is 9.74. The van der Waals surface area contributed by atoms with Crippen molar-refractivity contribution in [2.24, 2.45) is 0 Å². The maximum Gasteiger partial charge on any atom is 0.251 e. The fraction of sp³-hybridized carbons (Fsp3) is 0.154. The van der Waals surface area contributed by atoms with Crippen molar-refractivity contribution in [3.05, 3.63) is 51.0 Å². The number of furan rings is 1. The zero-order valence-corrected chi connectivity index (χ0v) is 11.9. The lowest BCUT2D eigenvalue weighted by molar-refractivity contribution is 0.0947. The largest absolute Gasteiger partial charge is 0.507 e. The molecule has 2 aromatic rings. The van der Waals surface area contributed by atoms with Crippen LogP contribution in [0.2, 0.25) is 0 Å². The van der Waals surface area contributed by atoms with Gasteiger partial charge in [0.15, 0.2) is 0 Å². The topological polar surface area (TPSA) is 62.5 Å². The van der Waals surface area contributed by atoms with Gasteiger partial charge in [0.05, 0.1) is 10.1 Å². The summed E-state index contributed by atoms with van der Waals surface area (Å²) in [6.07, 6.45) is 0. The van der Waals surface area contributed by atoms with Crippen LogP contribution in [0.3, 0.4) is 0 Å². The summed E-state index contributed by atoms with van der Waals surface area (Å²) in [4.78, 5) is 11.8. The molecule has 1 aromatic heterocycles. The van der Waals surface area contributed by atoms with Gasteiger partial charge in [-0.1, -0.05) is 0 Å². The van der Waals surface area contributed by atoms with E-state index in [1.165, 1.54) is 6.07 Å². The highest BCUT2D eigenvalue weighted by molar-refractivity contribution is 14.1. The smallest absolute Gasteiger partial charge is 0.251 e. The van der Waals surface area contributed by atoms with Gasteiger partial charge in [-0.05, 0) is 59.8 Å². The number of carbonyl (C=O) groups is 1. The van der Waals surface area contributed by atoms with Gasteiger partial charge < -0.3 is 14.8 Å². The van der Waals surface area contributed by atoms with E-state index in [-0.39, 0.29) is 11.7 Å². The molecular formula is C13H12INO3. The van der Waals surface area contributed by atoms with Crippen LogP contribution in [0.25, 0.3) is 0 Å². The predicted molar refractivity (Wildman–Crippen MR) is 75.4 cm³/mol. The first-order valence-corrected chi connectivity index (χ1v) is 6.46. The van der Waals surface area contributed by atoms with Gasteiger partial charge in [-0.25, -0.2) is 0 Å². The molecule has 0 aliphatic heterocycles. The maximum absolute atomic E-state index is 11.8. The van der Waals surface area contributed by atoms with Crippen LogP contribution in [-0.4, -0.2) is 11.0 Å². The van der Waals surface area contributed by atoms with E-state index >= 15 is 0 Å². The SMILES string of the molecule is Cc1ccc(CNC(=O)c2ccc(I)c(O)c2)o1. The fourth-order valence-corrected chi connectivity index (χ4v) is 1.84. The van der Waals surface area contributed by atoms with E-state index in [9.17, 15) is 9.90 Å². The highest BCUT2D eigenvalue weighted by Gasteiger charge is 2.08. The third kappa shape index (κ3) is 3.04. The van der Waals surface area contributed by atoms with Crippen LogP contribution in [0.1, 0.15) is 21.9 Å². The van der Waals surface area contributed by atoms with E-state index in [1.54, 1.807) is 12.1 Å². The molecule has 0 atom stereocenters. The van der Waals surface area contributed by atoms with E-state index in [0.717, 1.165) is 5.76 Å². The summed E-state index contributed by atoms with van der Waals surface area (Å²) < 4.78 is 6.06. The van der Waals surface area contributed by atoms with Crippen molar-refractivity contribution in [2.45, 2.75) is 13.5 Å². The zero-order chi connectivity index (χ0) is 13.1. The molecule has 0 radical (unpaired) electrons. The predicted octanol–water partition coefficient (Wildman–Crippen LogP) is 2.83. The summed E-state index contributed by atoms with van der Waals surface area (Å²) in [6.45, 7) is 2.18. The van der Waals surface area contributed by atoms with E-state index in [2.05, 4.69) is 5.32 Å². The third-order valence-electron chi connectivity index (χ3n) is 2.43. The quantitative estimate of drug-likeness (QED) is 0.831. The Bertz CT molecular complexity index is 577. The lowest BCUT2D eigenvalue weighted by atomic mass is 10.2. The van der Waals surface area contributed by atoms with Crippen molar-refractivity contribution in [2.75, 3.05) is 0 Å². The van der Waals surface area contributed by atoms with Gasteiger partial charge in [-0.3, -0.25) is 4.79 Å². The molecule has 0 saturated carbocycles. The molecule has 0 fully saturated rings. The Labute approximate surface area is 118 Å². The van der Waals surface area contributed by atoms with Gasteiger partial charge in [-0.15, -0.1) is 0 Å². The van der Waals surface area contributed by atoms with Crippen LogP contribution in [0.5, 0.6) is 5.75 Å². The van der Waals surface area contributed by atoms with E-state index in [0.29, 0.717) is 21.4 Å². The third-order valence-corrected chi connectivity index (χ3v) is 3.34. The fourth-order valence-electron chi connectivity index (χ4n) is 1.50. The van der Waals surface area contributed by atoms with Gasteiger partial charge in [0.25, 0.3) is 5.91 Å². The molecule has 2 N–H and O–H groups in total. The highest BCUT2D eigenvalue weighted by atomic mass is 127. The first kappa shape index (κ1) is 12.9. The number of amides is 1. The van der Waals surface area contributed by atoms with Crippen LogP contribution >= 0.6 is 22.6 Å². The molecule has 0 bridgehead atoms. The molecule has 4 nitrogen and oxygen atoms in total. The number of aromatic hydroxyl groups is 1. The second kappa shape index (κ2) is 5.43. The number of phenolic OH excluding ortho intramolecular Hbond substituents is 1. The minimum absolute atomic E-state index is 0.108. The number of hydrogen-bond acceptors (Lipinski definition) is 3. The van der Waals surface area contributed by atoms with Crippen LogP contribution in [-0.2, 0) is 6.54 Å². The van der Waals surface area contributed by atoms with Crippen LogP contribution in [0.15, 0.2) is 34.7 Å². The normalized spacial score (nSPS) is 10.3. The molecular weight excluding hydrogens is 345 g/mol. The summed E-state index contributed by atoms with van der Waals surface area (Å²) in [5.41, 5.74) is 0.427. The number of aryl methyl sites for hydroxylation is 1. The van der Waals surface area contributed by atoms with Gasteiger partial charge in [0.2, 0.25) is 0 Å². The van der Waals surface area contributed by atoms with Crippen LogP contribution in [0, 0.1) is 10.5 Å². The maximum atomic E-state index is 11.8. The van der Waals surface area contributed by atoms with Crippen molar-refractivity contribution in [3.8, 4) is 5.75 Å². The van der Waals surface area contributed by atoms with Crippen LogP contribution in [0.4, 0.5) is 0 Å². The Morgan fingerprint density at radius 3 is 2.78 bits per heavy atom. The molecule has 0 saturated heterocycles. The number of hydrogen-bond donors (Lipinski definition) is 2. The number of nitrogens with one attached hydrogen (secondary N) is 1. The molecule has 1 aromatic carbocycles. The summed E-state index contributed by atoms with van der Waals surface area (Å²) in [5.74, 6) is 1.38. The van der Waals surface area contributed by atoms with Crippen molar-refractivity contribution in [1.82, 2.24) is 5.32 Å². The molecule has 2 rings (SSSR count). The molecule has 0 aliphatic rings. The van der Waals surface area contributed by atoms with E-state index < -0.39 is 0 Å². The van der Waals surface area contributed by atoms with Gasteiger partial charge in [0, 0.05) is 5.56 Å². The average molecular weight is 357 g/mol. The average Bonchev–Trinajstić information content (AvgIpc) is 2.75. The van der Waals surface area contributed by atoms with Gasteiger partial charge >= 0.3 is 0 Å². The minimum atomic E-state index is -0.240. The summed E-state index contributed by atoms with van der Waals surface area (Å²) >= 11 is 2.00. The number of carbonyl (C=O) groups excluding carboxylic acids is 1. The van der Waals surface area contributed by atoms with Crippen molar-refractivity contribution in [3.63, 3.8) is 0 Å². The van der Waals surface area contributed by atoms with Gasteiger partial charge in [0.1, 0.15) is 17.3 Å². The Morgan fingerprint density at radius 2 is 2.17 bits per heavy atom. The first-order valence-electron chi connectivity index (χ1n) is 5.38. The Hall–Kier alpha value is -1.50. The lowest BCUT2D eigenvalue weighted by Gasteiger charge is -2.04. The Balaban J connectivity index is 2.01. The Morgan fingerprint density at radius 1 is 1.39 bits per heavy atom. The van der Waals surface area contributed by atoms with Crippen molar-refractivity contribution >= 4 is 28.5 Å². The second-order valence-corrected chi connectivity index (χ2v) is 5.02. The molecule has 94 valence electrons. The molecule has 5 heteroatoms. The summed E-state index contributed by atoms with van der Waals surface area (Å²) in [6, 6.07) is 8.48. The van der Waals surface area contributed by atoms with Crippen molar-refractivity contribution in [1.29, 1.82) is 0 Å². The Kier molecular flexibility index (Phi) is 3.90. The minimum Gasteiger partial charge on any atom is -0.507 e.